The third-order valence-electron chi connectivity index (χ3n) is 9.55. The minimum atomic E-state index is -1.05. The van der Waals surface area contributed by atoms with Crippen molar-refractivity contribution in [1.82, 2.24) is 31.4 Å². The van der Waals surface area contributed by atoms with Crippen LogP contribution in [0.1, 0.15) is 78.4 Å². The molecule has 6 N–H and O–H groups in total. The number of esters is 1. The van der Waals surface area contributed by atoms with Crippen LogP contribution >= 0.6 is 0 Å². The Labute approximate surface area is 348 Å². The number of hydrazine groups is 1. The lowest BCUT2D eigenvalue weighted by atomic mass is 9.85. The molecule has 322 valence electrons. The number of nitrogens with two attached hydrogens (primary N) is 1. The molecule has 0 aliphatic heterocycles. The number of methoxy groups -OCH3 is 2. The number of benzene rings is 2. The Bertz CT molecular complexity index is 1780. The molecule has 0 unspecified atom stereocenters. The minimum Gasteiger partial charge on any atom is -0.459 e. The third kappa shape index (κ3) is 16.3. The molecule has 0 spiro atoms. The second-order valence-corrected chi connectivity index (χ2v) is 16.6. The van der Waals surface area contributed by atoms with E-state index >= 15 is 0 Å². The summed E-state index contributed by atoms with van der Waals surface area (Å²) >= 11 is 0. The Kier molecular flexibility index (Phi) is 18.8. The SMILES string of the molecule is COC(=O)N[C@H](C(=O)N[C@@H](Cc1ccccc1)[C@H](CN(Cc1ccc(-c2ccccn2)cc1)NC(=O)[C@@H](NC(=O)OC)C(C)(C)C)OC(=O)CCCCCN)C(C)(C)C. The predicted molar refractivity (Wildman–Crippen MR) is 225 cm³/mol. The van der Waals surface area contributed by atoms with Crippen molar-refractivity contribution in [3.8, 4) is 11.3 Å². The Morgan fingerprint density at radius 1 is 0.712 bits per heavy atom. The van der Waals surface area contributed by atoms with Gasteiger partial charge in [0.1, 0.15) is 18.2 Å². The van der Waals surface area contributed by atoms with Crippen LogP contribution in [-0.4, -0.2) is 91.5 Å². The number of hydrogen-bond donors (Lipinski definition) is 5. The van der Waals surface area contributed by atoms with E-state index < -0.39 is 65.0 Å². The first-order chi connectivity index (χ1) is 27.9. The smallest absolute Gasteiger partial charge is 0.407 e. The normalized spacial score (nSPS) is 13.6. The Morgan fingerprint density at radius 3 is 1.85 bits per heavy atom. The molecule has 3 rings (SSSR count). The molecule has 4 amide bonds. The number of rotatable bonds is 20. The Morgan fingerprint density at radius 2 is 1.31 bits per heavy atom. The van der Waals surface area contributed by atoms with Gasteiger partial charge in [0, 0.05) is 24.7 Å². The van der Waals surface area contributed by atoms with E-state index in [1.807, 2.05) is 114 Å². The van der Waals surface area contributed by atoms with Gasteiger partial charge in [0.25, 0.3) is 5.91 Å². The van der Waals surface area contributed by atoms with Gasteiger partial charge >= 0.3 is 18.2 Å². The highest BCUT2D eigenvalue weighted by Gasteiger charge is 2.38. The lowest BCUT2D eigenvalue weighted by Crippen LogP contribution is -2.61. The zero-order valence-corrected chi connectivity index (χ0v) is 35.7. The van der Waals surface area contributed by atoms with Gasteiger partial charge < -0.3 is 35.9 Å². The summed E-state index contributed by atoms with van der Waals surface area (Å²) in [5.74, 6) is -1.56. The lowest BCUT2D eigenvalue weighted by Gasteiger charge is -2.37. The molecule has 2 aromatic carbocycles. The first-order valence-electron chi connectivity index (χ1n) is 19.9. The summed E-state index contributed by atoms with van der Waals surface area (Å²) in [4.78, 5) is 71.4. The van der Waals surface area contributed by atoms with Gasteiger partial charge in [0.05, 0.1) is 32.5 Å². The number of carbonyl (C=O) groups excluding carboxylic acids is 5. The number of unbranched alkanes of at least 4 members (excludes halogenated alkanes) is 2. The topological polar surface area (TPSA) is 203 Å². The van der Waals surface area contributed by atoms with Gasteiger partial charge in [-0.2, -0.15) is 0 Å². The molecule has 0 saturated heterocycles. The number of aromatic nitrogens is 1. The van der Waals surface area contributed by atoms with Crippen molar-refractivity contribution in [3.05, 3.63) is 90.1 Å². The second-order valence-electron chi connectivity index (χ2n) is 16.6. The zero-order chi connectivity index (χ0) is 43.6. The van der Waals surface area contributed by atoms with Gasteiger partial charge in [-0.1, -0.05) is 109 Å². The molecule has 0 radical (unpaired) electrons. The number of nitrogens with one attached hydrogen (secondary N) is 4. The number of amides is 4. The standard InChI is InChI=1S/C44H63N7O8/c1-43(2,3)37(48-41(55)57-7)39(53)47-34(27-30-17-11-9-12-18-30)35(59-36(52)20-13-10-15-25-45)29-51(50-40(54)38(44(4,5)6)49-42(56)58-8)28-31-21-23-32(24-22-31)33-19-14-16-26-46-33/h9,11-12,14,16-19,21-24,26,34-35,37-38H,10,13,15,20,25,27-29,45H2,1-8H3,(H,47,53)(H,48,55)(H,49,56)(H,50,54)/t34-,35-,37+,38+/m0/s1. The summed E-state index contributed by atoms with van der Waals surface area (Å²) < 4.78 is 16.0. The van der Waals surface area contributed by atoms with Crippen molar-refractivity contribution in [2.24, 2.45) is 16.6 Å². The summed E-state index contributed by atoms with van der Waals surface area (Å²) in [5, 5.41) is 10.00. The van der Waals surface area contributed by atoms with Crippen molar-refractivity contribution in [3.63, 3.8) is 0 Å². The maximum atomic E-state index is 14.2. The van der Waals surface area contributed by atoms with E-state index in [2.05, 4.69) is 26.4 Å². The van der Waals surface area contributed by atoms with E-state index in [-0.39, 0.29) is 25.9 Å². The van der Waals surface area contributed by atoms with Crippen LogP contribution in [0.4, 0.5) is 9.59 Å². The van der Waals surface area contributed by atoms with Gasteiger partial charge in [0.15, 0.2) is 0 Å². The summed E-state index contributed by atoms with van der Waals surface area (Å²) in [6.07, 6.45) is 1.46. The van der Waals surface area contributed by atoms with Gasteiger partial charge in [-0.15, -0.1) is 0 Å². The van der Waals surface area contributed by atoms with Gasteiger partial charge in [-0.25, -0.2) is 14.6 Å². The van der Waals surface area contributed by atoms with E-state index in [0.717, 1.165) is 35.2 Å². The molecular formula is C44H63N7O8. The van der Waals surface area contributed by atoms with Crippen molar-refractivity contribution in [2.75, 3.05) is 27.3 Å². The first kappa shape index (κ1) is 47.8. The highest BCUT2D eigenvalue weighted by atomic mass is 16.5. The van der Waals surface area contributed by atoms with Crippen molar-refractivity contribution < 1.29 is 38.2 Å². The quantitative estimate of drug-likeness (QED) is 0.0430. The van der Waals surface area contributed by atoms with Crippen LogP contribution in [0.5, 0.6) is 0 Å². The second kappa shape index (κ2) is 23.2. The number of nitrogens with zero attached hydrogens (tertiary/aromatic N) is 2. The summed E-state index contributed by atoms with van der Waals surface area (Å²) in [6, 6.07) is 19.8. The van der Waals surface area contributed by atoms with Crippen molar-refractivity contribution in [1.29, 1.82) is 0 Å². The summed E-state index contributed by atoms with van der Waals surface area (Å²) in [5.41, 5.74) is 10.5. The molecule has 0 aliphatic carbocycles. The Hall–Kier alpha value is -5.54. The van der Waals surface area contributed by atoms with Crippen LogP contribution in [0.25, 0.3) is 11.3 Å². The van der Waals surface area contributed by atoms with E-state index in [4.69, 9.17) is 19.9 Å². The number of ether oxygens (including phenoxy) is 3. The zero-order valence-electron chi connectivity index (χ0n) is 35.7. The van der Waals surface area contributed by atoms with E-state index in [0.29, 0.717) is 13.0 Å². The molecule has 1 heterocycles. The van der Waals surface area contributed by atoms with Crippen LogP contribution in [0, 0.1) is 10.8 Å². The minimum absolute atomic E-state index is 0.0975. The van der Waals surface area contributed by atoms with Gasteiger partial charge in [-0.3, -0.25) is 24.8 Å². The number of carbonyl (C=O) groups is 5. The molecule has 0 fully saturated rings. The first-order valence-corrected chi connectivity index (χ1v) is 19.9. The number of hydrogen-bond acceptors (Lipinski definition) is 11. The molecule has 4 atom stereocenters. The fraction of sp³-hybridized carbons (Fsp3) is 0.500. The summed E-state index contributed by atoms with van der Waals surface area (Å²) in [7, 11) is 2.43. The maximum Gasteiger partial charge on any atom is 0.407 e. The van der Waals surface area contributed by atoms with E-state index in [1.165, 1.54) is 14.2 Å². The predicted octanol–water partition coefficient (Wildman–Crippen LogP) is 5.28. The largest absolute Gasteiger partial charge is 0.459 e. The molecule has 1 aromatic heterocycles. The molecule has 0 saturated carbocycles. The van der Waals surface area contributed by atoms with Crippen LogP contribution in [0.15, 0.2) is 79.0 Å². The molecular weight excluding hydrogens is 755 g/mol. The molecule has 0 aliphatic rings. The monoisotopic (exact) mass is 817 g/mol. The molecule has 0 bridgehead atoms. The van der Waals surface area contributed by atoms with E-state index in [9.17, 15) is 24.0 Å². The van der Waals surface area contributed by atoms with Crippen LogP contribution in [0.2, 0.25) is 0 Å². The fourth-order valence-electron chi connectivity index (χ4n) is 6.30. The van der Waals surface area contributed by atoms with Gasteiger partial charge in [-0.05, 0) is 59.9 Å². The highest BCUT2D eigenvalue weighted by Crippen LogP contribution is 2.23. The van der Waals surface area contributed by atoms with Crippen LogP contribution in [0.3, 0.4) is 0 Å². The molecule has 15 heteroatoms. The molecule has 59 heavy (non-hydrogen) atoms. The number of alkyl carbamates (subject to hydrolysis) is 2. The van der Waals surface area contributed by atoms with Crippen molar-refractivity contribution in [2.45, 2.75) is 104 Å². The molecule has 3 aromatic rings. The maximum absolute atomic E-state index is 14.2. The third-order valence-corrected chi connectivity index (χ3v) is 9.55. The fourth-order valence-corrected chi connectivity index (χ4v) is 6.30. The summed E-state index contributed by atoms with van der Waals surface area (Å²) in [6.45, 7) is 11.4. The van der Waals surface area contributed by atoms with Gasteiger partial charge in [0.2, 0.25) is 5.91 Å². The van der Waals surface area contributed by atoms with E-state index in [1.54, 1.807) is 11.2 Å². The highest BCUT2D eigenvalue weighted by molar-refractivity contribution is 5.87. The lowest BCUT2D eigenvalue weighted by molar-refractivity contribution is -0.154. The Balaban J connectivity index is 2.13. The molecule has 15 nitrogen and oxygen atoms in total. The van der Waals surface area contributed by atoms with Crippen LogP contribution in [-0.2, 0) is 41.6 Å². The average Bonchev–Trinajstić information content (AvgIpc) is 3.19. The average molecular weight is 818 g/mol. The van der Waals surface area contributed by atoms with Crippen molar-refractivity contribution >= 4 is 30.0 Å². The van der Waals surface area contributed by atoms with Crippen LogP contribution < -0.4 is 27.1 Å². The number of pyridine rings is 1.